The van der Waals surface area contributed by atoms with Crippen LogP contribution in [0.1, 0.15) is 10.4 Å². The summed E-state index contributed by atoms with van der Waals surface area (Å²) in [5.74, 6) is 0.884. The van der Waals surface area contributed by atoms with E-state index >= 15 is 0 Å². The summed E-state index contributed by atoms with van der Waals surface area (Å²) < 4.78 is 8.71. The molecule has 21 heavy (non-hydrogen) atoms. The Balaban J connectivity index is 2.08. The van der Waals surface area contributed by atoms with Gasteiger partial charge in [0.25, 0.3) is 0 Å². The first kappa shape index (κ1) is 14.2. The van der Waals surface area contributed by atoms with Crippen LogP contribution in [0.4, 0.5) is 0 Å². The molecule has 0 bridgehead atoms. The molecular formula is C13H8Br2N4O2. The molecule has 2 heterocycles. The molecule has 0 aliphatic heterocycles. The van der Waals surface area contributed by atoms with E-state index in [1.807, 2.05) is 0 Å². The zero-order chi connectivity index (χ0) is 15.0. The Morgan fingerprint density at radius 2 is 2.10 bits per heavy atom. The number of aryl methyl sites for hydroxylation is 1. The minimum absolute atomic E-state index is 0.374. The Morgan fingerprint density at radius 3 is 2.86 bits per heavy atom. The minimum atomic E-state index is 0.374. The van der Waals surface area contributed by atoms with Gasteiger partial charge in [0.05, 0.1) is 0 Å². The molecule has 0 radical (unpaired) electrons. The molecule has 106 valence electrons. The lowest BCUT2D eigenvalue weighted by molar-refractivity contribution is 0.112. The second-order valence-electron chi connectivity index (χ2n) is 4.20. The molecule has 1 aromatic carbocycles. The summed E-state index contributed by atoms with van der Waals surface area (Å²) >= 11 is 6.66. The van der Waals surface area contributed by atoms with E-state index in [9.17, 15) is 4.79 Å². The van der Waals surface area contributed by atoms with Crippen LogP contribution in [-0.2, 0) is 7.05 Å². The van der Waals surface area contributed by atoms with E-state index in [0.29, 0.717) is 37.3 Å². The van der Waals surface area contributed by atoms with Crippen molar-refractivity contribution in [2.45, 2.75) is 0 Å². The van der Waals surface area contributed by atoms with Gasteiger partial charge < -0.3 is 4.74 Å². The number of carbonyl (C=O) groups is 1. The molecule has 6 nitrogen and oxygen atoms in total. The van der Waals surface area contributed by atoms with Gasteiger partial charge >= 0.3 is 0 Å². The van der Waals surface area contributed by atoms with Crippen LogP contribution in [0, 0.1) is 0 Å². The maximum Gasteiger partial charge on any atom is 0.234 e. The van der Waals surface area contributed by atoms with Crippen molar-refractivity contribution in [2.75, 3.05) is 0 Å². The van der Waals surface area contributed by atoms with Crippen LogP contribution in [0.3, 0.4) is 0 Å². The fourth-order valence-corrected chi connectivity index (χ4v) is 2.81. The lowest BCUT2D eigenvalue weighted by Crippen LogP contribution is -1.94. The van der Waals surface area contributed by atoms with Crippen molar-refractivity contribution < 1.29 is 9.53 Å². The third-order valence-electron chi connectivity index (χ3n) is 2.85. The van der Waals surface area contributed by atoms with E-state index in [-0.39, 0.29) is 0 Å². The lowest BCUT2D eigenvalue weighted by Gasteiger charge is -2.07. The average molecular weight is 412 g/mol. The van der Waals surface area contributed by atoms with E-state index in [0.717, 1.165) is 6.29 Å². The van der Waals surface area contributed by atoms with Crippen molar-refractivity contribution >= 4 is 49.2 Å². The molecule has 0 atom stereocenters. The van der Waals surface area contributed by atoms with Gasteiger partial charge in [0, 0.05) is 17.1 Å². The summed E-state index contributed by atoms with van der Waals surface area (Å²) in [5.41, 5.74) is 1.16. The monoisotopic (exact) mass is 410 g/mol. The SMILES string of the molecule is Cn1nc(Br)c2c(Oc3ccc(Br)c(C=O)c3)ncnc21. The molecule has 0 fully saturated rings. The molecule has 0 aliphatic rings. The fraction of sp³-hybridized carbons (Fsp3) is 0.0769. The van der Waals surface area contributed by atoms with Gasteiger partial charge in [-0.3, -0.25) is 4.79 Å². The number of fused-ring (bicyclic) bond motifs is 1. The topological polar surface area (TPSA) is 69.9 Å². The van der Waals surface area contributed by atoms with E-state index in [2.05, 4.69) is 46.9 Å². The standard InChI is InChI=1S/C13H8Br2N4O2/c1-19-12-10(11(15)18-19)13(17-6-16-12)21-8-2-3-9(14)7(4-8)5-20/h2-6H,1H3. The van der Waals surface area contributed by atoms with E-state index in [4.69, 9.17) is 4.74 Å². The zero-order valence-electron chi connectivity index (χ0n) is 10.7. The van der Waals surface area contributed by atoms with Crippen LogP contribution in [0.5, 0.6) is 11.6 Å². The highest BCUT2D eigenvalue weighted by atomic mass is 79.9. The molecule has 0 saturated heterocycles. The van der Waals surface area contributed by atoms with E-state index < -0.39 is 0 Å². The van der Waals surface area contributed by atoms with Gasteiger partial charge in [0.2, 0.25) is 5.88 Å². The number of nitrogens with zero attached hydrogens (tertiary/aromatic N) is 4. The van der Waals surface area contributed by atoms with Crippen LogP contribution in [0.25, 0.3) is 11.0 Å². The highest BCUT2D eigenvalue weighted by molar-refractivity contribution is 9.10. The number of aromatic nitrogens is 4. The van der Waals surface area contributed by atoms with Gasteiger partial charge in [-0.25, -0.2) is 14.6 Å². The van der Waals surface area contributed by atoms with Crippen molar-refractivity contribution in [3.05, 3.63) is 39.2 Å². The predicted octanol–water partition coefficient (Wildman–Crippen LogP) is 3.49. The second kappa shape index (κ2) is 5.53. The maximum atomic E-state index is 11.0. The Hall–Kier alpha value is -1.80. The lowest BCUT2D eigenvalue weighted by atomic mass is 10.2. The Morgan fingerprint density at radius 1 is 1.29 bits per heavy atom. The maximum absolute atomic E-state index is 11.0. The van der Waals surface area contributed by atoms with Gasteiger partial charge in [0.15, 0.2) is 11.9 Å². The molecule has 0 saturated carbocycles. The van der Waals surface area contributed by atoms with Crippen molar-refractivity contribution in [2.24, 2.45) is 7.05 Å². The smallest absolute Gasteiger partial charge is 0.234 e. The Kier molecular flexibility index (Phi) is 3.73. The summed E-state index contributed by atoms with van der Waals surface area (Å²) in [7, 11) is 1.79. The molecule has 0 amide bonds. The van der Waals surface area contributed by atoms with Crippen LogP contribution >= 0.6 is 31.9 Å². The molecule has 8 heteroatoms. The van der Waals surface area contributed by atoms with E-state index in [1.165, 1.54) is 6.33 Å². The molecule has 0 aliphatic carbocycles. The number of hydrogen-bond donors (Lipinski definition) is 0. The first-order valence-electron chi connectivity index (χ1n) is 5.86. The first-order chi connectivity index (χ1) is 10.1. The highest BCUT2D eigenvalue weighted by Crippen LogP contribution is 2.32. The normalized spacial score (nSPS) is 10.8. The second-order valence-corrected chi connectivity index (χ2v) is 5.80. The average Bonchev–Trinajstić information content (AvgIpc) is 2.77. The Bertz CT molecular complexity index is 848. The van der Waals surface area contributed by atoms with Gasteiger partial charge in [-0.05, 0) is 34.1 Å². The zero-order valence-corrected chi connectivity index (χ0v) is 13.9. The largest absolute Gasteiger partial charge is 0.438 e. The van der Waals surface area contributed by atoms with Gasteiger partial charge in [-0.15, -0.1) is 0 Å². The minimum Gasteiger partial charge on any atom is -0.438 e. The van der Waals surface area contributed by atoms with E-state index in [1.54, 1.807) is 29.9 Å². The van der Waals surface area contributed by atoms with Crippen molar-refractivity contribution in [3.8, 4) is 11.6 Å². The molecule has 3 aromatic rings. The van der Waals surface area contributed by atoms with Crippen molar-refractivity contribution in [3.63, 3.8) is 0 Å². The number of aldehydes is 1. The number of hydrogen-bond acceptors (Lipinski definition) is 5. The van der Waals surface area contributed by atoms with Gasteiger partial charge in [-0.2, -0.15) is 5.10 Å². The van der Waals surface area contributed by atoms with Crippen LogP contribution in [0.15, 0.2) is 33.6 Å². The number of halogens is 2. The van der Waals surface area contributed by atoms with Crippen molar-refractivity contribution in [1.82, 2.24) is 19.7 Å². The van der Waals surface area contributed by atoms with Gasteiger partial charge in [-0.1, -0.05) is 15.9 Å². The van der Waals surface area contributed by atoms with Crippen molar-refractivity contribution in [1.29, 1.82) is 0 Å². The van der Waals surface area contributed by atoms with Crippen LogP contribution in [-0.4, -0.2) is 26.0 Å². The summed E-state index contributed by atoms with van der Waals surface area (Å²) in [6, 6.07) is 5.13. The van der Waals surface area contributed by atoms with Gasteiger partial charge in [0.1, 0.15) is 22.1 Å². The molecular weight excluding hydrogens is 404 g/mol. The molecule has 0 unspecified atom stereocenters. The number of rotatable bonds is 3. The summed E-state index contributed by atoms with van der Waals surface area (Å²) in [6.45, 7) is 0. The summed E-state index contributed by atoms with van der Waals surface area (Å²) in [5, 5.41) is 4.90. The molecule has 0 N–H and O–H groups in total. The summed E-state index contributed by atoms with van der Waals surface area (Å²) in [6.07, 6.45) is 2.16. The quantitative estimate of drug-likeness (QED) is 0.617. The third kappa shape index (κ3) is 2.56. The summed E-state index contributed by atoms with van der Waals surface area (Å²) in [4.78, 5) is 19.3. The fourth-order valence-electron chi connectivity index (χ4n) is 1.88. The Labute approximate surface area is 136 Å². The molecule has 2 aromatic heterocycles. The number of benzene rings is 1. The molecule has 0 spiro atoms. The predicted molar refractivity (Wildman–Crippen MR) is 83.6 cm³/mol. The van der Waals surface area contributed by atoms with Crippen LogP contribution < -0.4 is 4.74 Å². The molecule has 3 rings (SSSR count). The number of carbonyl (C=O) groups excluding carboxylic acids is 1. The number of ether oxygens (including phenoxy) is 1. The third-order valence-corrected chi connectivity index (χ3v) is 4.13. The van der Waals surface area contributed by atoms with Crippen LogP contribution in [0.2, 0.25) is 0 Å². The highest BCUT2D eigenvalue weighted by Gasteiger charge is 2.15. The first-order valence-corrected chi connectivity index (χ1v) is 7.44.